The van der Waals surface area contributed by atoms with E-state index in [-0.39, 0.29) is 11.9 Å². The second-order valence-corrected chi connectivity index (χ2v) is 8.70. The number of benzene rings is 2. The van der Waals surface area contributed by atoms with Gasteiger partial charge in [0.15, 0.2) is 11.5 Å². The van der Waals surface area contributed by atoms with Crippen LogP contribution in [0.4, 0.5) is 5.82 Å². The molecular formula is C25H30ClN5O2. The number of aryl methyl sites for hydroxylation is 1. The van der Waals surface area contributed by atoms with Crippen LogP contribution in [-0.4, -0.2) is 41.2 Å². The van der Waals surface area contributed by atoms with Gasteiger partial charge >= 0.3 is 0 Å². The van der Waals surface area contributed by atoms with Crippen molar-refractivity contribution in [3.8, 4) is 5.75 Å². The Balaban J connectivity index is 1.56. The summed E-state index contributed by atoms with van der Waals surface area (Å²) in [4.78, 5) is 17.7. The number of amides is 1. The Hall–Kier alpha value is -3.03. The highest BCUT2D eigenvalue weighted by Crippen LogP contribution is 2.35. The molecule has 0 unspecified atom stereocenters. The van der Waals surface area contributed by atoms with Gasteiger partial charge in [-0.1, -0.05) is 48.0 Å². The average Bonchev–Trinajstić information content (AvgIpc) is 3.38. The maximum Gasteiger partial charge on any atom is 0.271 e. The summed E-state index contributed by atoms with van der Waals surface area (Å²) in [6.07, 6.45) is 1.57. The summed E-state index contributed by atoms with van der Waals surface area (Å²) in [6.45, 7) is 5.95. The van der Waals surface area contributed by atoms with E-state index in [1.807, 2.05) is 42.7 Å². The maximum absolute atomic E-state index is 13.0. The quantitative estimate of drug-likeness (QED) is 0.447. The van der Waals surface area contributed by atoms with Gasteiger partial charge in [-0.2, -0.15) is 0 Å². The van der Waals surface area contributed by atoms with Crippen LogP contribution < -0.4 is 21.1 Å². The lowest BCUT2D eigenvalue weighted by molar-refractivity contribution is 0.0947. The normalized spacial score (nSPS) is 13.3. The maximum atomic E-state index is 13.0. The smallest absolute Gasteiger partial charge is 0.271 e. The largest absolute Gasteiger partial charge is 0.491 e. The number of fused-ring (bicyclic) bond motifs is 1. The zero-order chi connectivity index (χ0) is 23.4. The lowest BCUT2D eigenvalue weighted by Crippen LogP contribution is -2.32. The summed E-state index contributed by atoms with van der Waals surface area (Å²) in [7, 11) is 0. The van der Waals surface area contributed by atoms with Gasteiger partial charge in [0.1, 0.15) is 11.6 Å². The number of anilines is 1. The molecule has 4 N–H and O–H groups in total. The monoisotopic (exact) mass is 467 g/mol. The summed E-state index contributed by atoms with van der Waals surface area (Å²) in [6, 6.07) is 14.0. The van der Waals surface area contributed by atoms with Crippen LogP contribution in [0.5, 0.6) is 5.75 Å². The Morgan fingerprint density at radius 1 is 1.27 bits per heavy atom. The van der Waals surface area contributed by atoms with Crippen LogP contribution in [0.25, 0.3) is 0 Å². The number of ether oxygens (including phenoxy) is 1. The number of nitrogens with two attached hydrogens (primary N) is 1. The molecular weight excluding hydrogens is 438 g/mol. The van der Waals surface area contributed by atoms with E-state index in [9.17, 15) is 4.79 Å². The topological polar surface area (TPSA) is 94.2 Å². The highest BCUT2D eigenvalue weighted by molar-refractivity contribution is 6.32. The number of carbonyl (C=O) groups is 1. The second-order valence-electron chi connectivity index (χ2n) is 8.30. The van der Waals surface area contributed by atoms with E-state index < -0.39 is 0 Å². The molecule has 0 radical (unpaired) electrons. The van der Waals surface area contributed by atoms with Crippen LogP contribution >= 0.6 is 11.6 Å². The van der Waals surface area contributed by atoms with Crippen LogP contribution in [0, 0.1) is 6.92 Å². The first-order valence-electron chi connectivity index (χ1n) is 11.3. The SMILES string of the molecule is CCNC(=O)c1c(NC[C@H](N)Cc2ccccc2)nc(C)n1Cc1cc(Cl)c2c(c1)CCO2. The minimum Gasteiger partial charge on any atom is -0.491 e. The third-order valence-electron chi connectivity index (χ3n) is 5.72. The molecule has 2 heterocycles. The Bertz CT molecular complexity index is 1130. The van der Waals surface area contributed by atoms with Gasteiger partial charge in [-0.25, -0.2) is 4.98 Å². The van der Waals surface area contributed by atoms with Crippen molar-refractivity contribution in [1.82, 2.24) is 14.9 Å². The predicted molar refractivity (Wildman–Crippen MR) is 131 cm³/mol. The Labute approximate surface area is 199 Å². The molecule has 0 saturated carbocycles. The predicted octanol–water partition coefficient (Wildman–Crippen LogP) is 3.56. The molecule has 1 aliphatic rings. The Morgan fingerprint density at radius 3 is 2.82 bits per heavy atom. The zero-order valence-electron chi connectivity index (χ0n) is 19.0. The summed E-state index contributed by atoms with van der Waals surface area (Å²) < 4.78 is 7.54. The number of rotatable bonds is 9. The zero-order valence-corrected chi connectivity index (χ0v) is 19.8. The summed E-state index contributed by atoms with van der Waals surface area (Å²) in [5.41, 5.74) is 10.1. The number of nitrogens with zero attached hydrogens (tertiary/aromatic N) is 2. The molecule has 33 heavy (non-hydrogen) atoms. The first-order chi connectivity index (χ1) is 16.0. The van der Waals surface area contributed by atoms with Crippen molar-refractivity contribution in [1.29, 1.82) is 0 Å². The molecule has 0 aliphatic carbocycles. The highest BCUT2D eigenvalue weighted by Gasteiger charge is 2.23. The number of aromatic nitrogens is 2. The van der Waals surface area contributed by atoms with Crippen molar-refractivity contribution < 1.29 is 9.53 Å². The van der Waals surface area contributed by atoms with Crippen molar-refractivity contribution in [2.45, 2.75) is 39.3 Å². The standard InChI is InChI=1S/C25H30ClN5O2/c1-3-28-25(32)22-24(29-14-20(27)12-17-7-5-4-6-8-17)30-16(2)31(22)15-18-11-19-9-10-33-23(19)21(26)13-18/h4-8,11,13,20,29H,3,9-10,12,14-15,27H2,1-2H3,(H,28,32)/t20-/m1/s1. The van der Waals surface area contributed by atoms with E-state index >= 15 is 0 Å². The first-order valence-corrected chi connectivity index (χ1v) is 11.7. The molecule has 1 aromatic heterocycles. The van der Waals surface area contributed by atoms with Gasteiger partial charge in [0, 0.05) is 32.1 Å². The van der Waals surface area contributed by atoms with Gasteiger partial charge in [0.2, 0.25) is 0 Å². The van der Waals surface area contributed by atoms with Gasteiger partial charge in [0.25, 0.3) is 5.91 Å². The molecule has 0 spiro atoms. The molecule has 174 valence electrons. The van der Waals surface area contributed by atoms with Gasteiger partial charge in [-0.05, 0) is 43.0 Å². The summed E-state index contributed by atoms with van der Waals surface area (Å²) in [5.74, 6) is 1.87. The second kappa shape index (κ2) is 10.3. The summed E-state index contributed by atoms with van der Waals surface area (Å²) >= 11 is 6.43. The van der Waals surface area contributed by atoms with Crippen molar-refractivity contribution >= 4 is 23.3 Å². The number of carbonyl (C=O) groups excluding carboxylic acids is 1. The molecule has 7 nitrogen and oxygen atoms in total. The van der Waals surface area contributed by atoms with Crippen LogP contribution in [0.3, 0.4) is 0 Å². The fraction of sp³-hybridized carbons (Fsp3) is 0.360. The first kappa shape index (κ1) is 23.1. The molecule has 4 rings (SSSR count). The molecule has 0 fully saturated rings. The minimum absolute atomic E-state index is 0.115. The van der Waals surface area contributed by atoms with E-state index in [0.717, 1.165) is 35.5 Å². The number of hydrogen-bond acceptors (Lipinski definition) is 5. The van der Waals surface area contributed by atoms with Gasteiger partial charge < -0.3 is 25.7 Å². The molecule has 0 bridgehead atoms. The highest BCUT2D eigenvalue weighted by atomic mass is 35.5. The number of hydrogen-bond donors (Lipinski definition) is 3. The third-order valence-corrected chi connectivity index (χ3v) is 6.00. The third kappa shape index (κ3) is 5.31. The fourth-order valence-electron chi connectivity index (χ4n) is 4.17. The van der Waals surface area contributed by atoms with E-state index in [4.69, 9.17) is 22.1 Å². The summed E-state index contributed by atoms with van der Waals surface area (Å²) in [5, 5.41) is 6.81. The van der Waals surface area contributed by atoms with Crippen LogP contribution in [-0.2, 0) is 19.4 Å². The van der Waals surface area contributed by atoms with Crippen LogP contribution in [0.1, 0.15) is 39.9 Å². The molecule has 1 amide bonds. The molecule has 2 aromatic carbocycles. The average molecular weight is 468 g/mol. The molecule has 1 aliphatic heterocycles. The van der Waals surface area contributed by atoms with Crippen molar-refractivity contribution in [3.63, 3.8) is 0 Å². The molecule has 0 saturated heterocycles. The van der Waals surface area contributed by atoms with Crippen LogP contribution in [0.2, 0.25) is 5.02 Å². The van der Waals surface area contributed by atoms with Crippen molar-refractivity contribution in [2.75, 3.05) is 25.0 Å². The Morgan fingerprint density at radius 2 is 2.06 bits per heavy atom. The fourth-order valence-corrected chi connectivity index (χ4v) is 4.49. The molecule has 1 atom stereocenters. The van der Waals surface area contributed by atoms with Crippen molar-refractivity contribution in [3.05, 3.63) is 75.7 Å². The van der Waals surface area contributed by atoms with E-state index in [1.54, 1.807) is 0 Å². The van der Waals surface area contributed by atoms with E-state index in [2.05, 4.69) is 33.8 Å². The number of nitrogens with one attached hydrogen (secondary N) is 2. The number of halogens is 1. The van der Waals surface area contributed by atoms with E-state index in [1.165, 1.54) is 5.56 Å². The van der Waals surface area contributed by atoms with Crippen LogP contribution in [0.15, 0.2) is 42.5 Å². The lowest BCUT2D eigenvalue weighted by atomic mass is 10.1. The Kier molecular flexibility index (Phi) is 7.20. The molecule has 8 heteroatoms. The van der Waals surface area contributed by atoms with Gasteiger partial charge in [-0.15, -0.1) is 0 Å². The lowest BCUT2D eigenvalue weighted by Gasteiger charge is -2.15. The van der Waals surface area contributed by atoms with E-state index in [0.29, 0.717) is 42.8 Å². The molecule has 3 aromatic rings. The van der Waals surface area contributed by atoms with Gasteiger partial charge in [-0.3, -0.25) is 4.79 Å². The number of imidazole rings is 1. The minimum atomic E-state index is -0.173. The van der Waals surface area contributed by atoms with Crippen molar-refractivity contribution in [2.24, 2.45) is 5.73 Å². The van der Waals surface area contributed by atoms with Gasteiger partial charge in [0.05, 0.1) is 11.6 Å².